The Bertz CT molecular complexity index is 143. The third-order valence-corrected chi connectivity index (χ3v) is 0.800. The summed E-state index contributed by atoms with van der Waals surface area (Å²) in [6, 6.07) is 9.49. The number of rotatable bonds is 0. The second kappa shape index (κ2) is 6.26. The minimum Gasteiger partial charge on any atom is -2.00 e. The zero-order chi connectivity index (χ0) is 5.11. The van der Waals surface area contributed by atoms with Gasteiger partial charge in [0.2, 0.25) is 0 Å². The van der Waals surface area contributed by atoms with Crippen molar-refractivity contribution in [1.82, 2.24) is 0 Å². The smallest absolute Gasteiger partial charge is 2.00 e. The van der Waals surface area contributed by atoms with E-state index in [0.717, 1.165) is 5.69 Å². The van der Waals surface area contributed by atoms with Gasteiger partial charge in [-0.3, -0.25) is 0 Å². The molecular formula is C6H7MgNS. The number of anilines is 1. The predicted octanol–water partition coefficient (Wildman–Crippen LogP) is 0.886. The molecule has 0 aliphatic rings. The van der Waals surface area contributed by atoms with Gasteiger partial charge in [-0.05, 0) is 12.1 Å². The van der Waals surface area contributed by atoms with Crippen LogP contribution in [0.5, 0.6) is 0 Å². The average Bonchev–Trinajstić information content (AvgIpc) is 1.69. The average molecular weight is 150 g/mol. The summed E-state index contributed by atoms with van der Waals surface area (Å²) in [7, 11) is 0. The van der Waals surface area contributed by atoms with Gasteiger partial charge >= 0.3 is 23.1 Å². The van der Waals surface area contributed by atoms with Crippen molar-refractivity contribution in [3.8, 4) is 0 Å². The van der Waals surface area contributed by atoms with Gasteiger partial charge < -0.3 is 19.2 Å². The molecule has 1 nitrogen and oxygen atoms in total. The molecule has 0 saturated heterocycles. The minimum absolute atomic E-state index is 0. The van der Waals surface area contributed by atoms with E-state index >= 15 is 0 Å². The van der Waals surface area contributed by atoms with Crippen molar-refractivity contribution in [2.24, 2.45) is 0 Å². The second-order valence-electron chi connectivity index (χ2n) is 1.41. The number of nitrogen functional groups attached to an aromatic ring is 1. The first kappa shape index (κ1) is 11.9. The Morgan fingerprint density at radius 3 is 1.67 bits per heavy atom. The number of hydrogen-bond donors (Lipinski definition) is 1. The van der Waals surface area contributed by atoms with E-state index in [0.29, 0.717) is 0 Å². The van der Waals surface area contributed by atoms with Gasteiger partial charge in [-0.25, -0.2) is 0 Å². The molecule has 1 rings (SSSR count). The third kappa shape index (κ3) is 4.63. The summed E-state index contributed by atoms with van der Waals surface area (Å²) in [4.78, 5) is 0. The van der Waals surface area contributed by atoms with E-state index in [9.17, 15) is 0 Å². The van der Waals surface area contributed by atoms with Gasteiger partial charge in [0.25, 0.3) is 0 Å². The molecule has 1 aromatic rings. The molecule has 0 spiro atoms. The standard InChI is InChI=1S/C6H7N.Mg.S/c7-6-4-2-1-3-5-6;;/h1-5H,7H2;;/q;+2;-2. The molecule has 44 valence electrons. The molecule has 0 fully saturated rings. The summed E-state index contributed by atoms with van der Waals surface area (Å²) in [5.41, 5.74) is 6.18. The van der Waals surface area contributed by atoms with E-state index in [2.05, 4.69) is 0 Å². The van der Waals surface area contributed by atoms with Crippen molar-refractivity contribution in [3.05, 3.63) is 30.3 Å². The fourth-order valence-electron chi connectivity index (χ4n) is 0.453. The fraction of sp³-hybridized carbons (Fsp3) is 0. The molecule has 0 unspecified atom stereocenters. The molecule has 0 saturated carbocycles. The monoisotopic (exact) mass is 149 g/mol. The van der Waals surface area contributed by atoms with Crippen molar-refractivity contribution < 1.29 is 0 Å². The SMILES string of the molecule is Nc1ccccc1.[Mg+2].[S-2]. The number of para-hydroxylation sites is 1. The quantitative estimate of drug-likeness (QED) is 0.430. The summed E-state index contributed by atoms with van der Waals surface area (Å²) in [5, 5.41) is 0. The third-order valence-electron chi connectivity index (χ3n) is 0.800. The van der Waals surface area contributed by atoms with Crippen LogP contribution < -0.4 is 5.73 Å². The van der Waals surface area contributed by atoms with E-state index < -0.39 is 0 Å². The van der Waals surface area contributed by atoms with E-state index in [1.54, 1.807) is 0 Å². The van der Waals surface area contributed by atoms with Crippen molar-refractivity contribution in [3.63, 3.8) is 0 Å². The van der Waals surface area contributed by atoms with Gasteiger partial charge in [0, 0.05) is 5.69 Å². The number of benzene rings is 1. The largest absolute Gasteiger partial charge is 2.00 e. The Labute approximate surface area is 78.2 Å². The van der Waals surface area contributed by atoms with E-state index in [4.69, 9.17) is 5.73 Å². The van der Waals surface area contributed by atoms with Gasteiger partial charge in [0.15, 0.2) is 0 Å². The van der Waals surface area contributed by atoms with Gasteiger partial charge in [-0.2, -0.15) is 0 Å². The maximum atomic E-state index is 5.36. The first-order valence-corrected chi connectivity index (χ1v) is 2.20. The van der Waals surface area contributed by atoms with Crippen LogP contribution in [-0.4, -0.2) is 23.1 Å². The van der Waals surface area contributed by atoms with Crippen molar-refractivity contribution in [1.29, 1.82) is 0 Å². The molecule has 0 radical (unpaired) electrons. The molecule has 0 aliphatic heterocycles. The molecule has 0 amide bonds. The molecule has 9 heavy (non-hydrogen) atoms. The Morgan fingerprint density at radius 2 is 1.44 bits per heavy atom. The van der Waals surface area contributed by atoms with E-state index in [1.807, 2.05) is 30.3 Å². The summed E-state index contributed by atoms with van der Waals surface area (Å²) in [5.74, 6) is 0. The van der Waals surface area contributed by atoms with Crippen LogP contribution >= 0.6 is 0 Å². The van der Waals surface area contributed by atoms with Crippen LogP contribution in [0, 0.1) is 0 Å². The van der Waals surface area contributed by atoms with Crippen LogP contribution in [0.4, 0.5) is 5.69 Å². The zero-order valence-electron chi connectivity index (χ0n) is 5.08. The van der Waals surface area contributed by atoms with Crippen molar-refractivity contribution in [2.45, 2.75) is 0 Å². The van der Waals surface area contributed by atoms with Crippen LogP contribution in [0.2, 0.25) is 0 Å². The molecule has 0 aliphatic carbocycles. The molecule has 2 N–H and O–H groups in total. The summed E-state index contributed by atoms with van der Waals surface area (Å²) in [6.07, 6.45) is 0. The summed E-state index contributed by atoms with van der Waals surface area (Å²) in [6.45, 7) is 0. The molecule has 0 bridgehead atoms. The van der Waals surface area contributed by atoms with E-state index in [1.165, 1.54) is 0 Å². The van der Waals surface area contributed by atoms with Crippen LogP contribution in [-0.2, 0) is 13.5 Å². The topological polar surface area (TPSA) is 26.0 Å². The fourth-order valence-corrected chi connectivity index (χ4v) is 0.453. The zero-order valence-corrected chi connectivity index (χ0v) is 7.31. The second-order valence-corrected chi connectivity index (χ2v) is 1.41. The van der Waals surface area contributed by atoms with Crippen molar-refractivity contribution in [2.75, 3.05) is 5.73 Å². The number of nitrogens with two attached hydrogens (primary N) is 1. The van der Waals surface area contributed by atoms with Gasteiger partial charge in [0.1, 0.15) is 0 Å². The van der Waals surface area contributed by atoms with Crippen LogP contribution in [0.25, 0.3) is 0 Å². The Balaban J connectivity index is 0. The molecule has 3 heteroatoms. The van der Waals surface area contributed by atoms with Gasteiger partial charge in [0.05, 0.1) is 0 Å². The predicted molar refractivity (Wildman–Crippen MR) is 44.0 cm³/mol. The Hall–Kier alpha value is 0.136. The first-order chi connectivity index (χ1) is 3.39. The first-order valence-electron chi connectivity index (χ1n) is 2.20. The Kier molecular flexibility index (Phi) is 8.26. The van der Waals surface area contributed by atoms with Crippen LogP contribution in [0.1, 0.15) is 0 Å². The van der Waals surface area contributed by atoms with Crippen LogP contribution in [0.15, 0.2) is 30.3 Å². The van der Waals surface area contributed by atoms with Gasteiger partial charge in [-0.1, -0.05) is 18.2 Å². The van der Waals surface area contributed by atoms with Crippen molar-refractivity contribution >= 4 is 42.2 Å². The molecule has 1 aromatic carbocycles. The maximum Gasteiger partial charge on any atom is 2.00 e. The summed E-state index contributed by atoms with van der Waals surface area (Å²) >= 11 is 0. The maximum absolute atomic E-state index is 5.36. The number of hydrogen-bond acceptors (Lipinski definition) is 1. The molecule has 0 heterocycles. The van der Waals surface area contributed by atoms with E-state index in [-0.39, 0.29) is 36.5 Å². The Morgan fingerprint density at radius 1 is 1.00 bits per heavy atom. The van der Waals surface area contributed by atoms with Crippen LogP contribution in [0.3, 0.4) is 0 Å². The molecular weight excluding hydrogens is 142 g/mol. The molecule has 0 aromatic heterocycles. The normalized spacial score (nSPS) is 6.67. The summed E-state index contributed by atoms with van der Waals surface area (Å²) < 4.78 is 0. The minimum atomic E-state index is 0. The van der Waals surface area contributed by atoms with Gasteiger partial charge in [-0.15, -0.1) is 0 Å². The molecule has 0 atom stereocenters.